The smallest absolute Gasteiger partial charge is 0.209 e. The van der Waals surface area contributed by atoms with Crippen LogP contribution in [0.15, 0.2) is 18.6 Å². The van der Waals surface area contributed by atoms with Crippen molar-refractivity contribution in [3.63, 3.8) is 0 Å². The molecule has 6 nitrogen and oxygen atoms in total. The first-order chi connectivity index (χ1) is 8.79. The monoisotopic (exact) mass is 245 g/mol. The van der Waals surface area contributed by atoms with Crippen molar-refractivity contribution in [2.45, 2.75) is 18.9 Å². The molecule has 0 atom stereocenters. The van der Waals surface area contributed by atoms with E-state index in [9.17, 15) is 4.79 Å². The highest BCUT2D eigenvalue weighted by molar-refractivity contribution is 5.86. The normalized spacial score (nSPS) is 17.2. The molecule has 2 N–H and O–H groups in total. The number of fused-ring (bicyclic) bond motifs is 1. The predicted molar refractivity (Wildman–Crippen MR) is 67.8 cm³/mol. The van der Waals surface area contributed by atoms with Crippen molar-refractivity contribution in [2.75, 3.05) is 18.8 Å². The highest BCUT2D eigenvalue weighted by Crippen LogP contribution is 2.27. The van der Waals surface area contributed by atoms with Crippen molar-refractivity contribution < 1.29 is 4.79 Å². The zero-order valence-corrected chi connectivity index (χ0v) is 9.99. The van der Waals surface area contributed by atoms with Gasteiger partial charge in [-0.15, -0.1) is 0 Å². The van der Waals surface area contributed by atoms with E-state index in [0.29, 0.717) is 11.9 Å². The maximum absolute atomic E-state index is 10.7. The van der Waals surface area contributed by atoms with Crippen molar-refractivity contribution in [2.24, 2.45) is 0 Å². The van der Waals surface area contributed by atoms with E-state index in [-0.39, 0.29) is 0 Å². The minimum absolute atomic E-state index is 0.382. The summed E-state index contributed by atoms with van der Waals surface area (Å²) in [5.74, 6) is 0.518. The third-order valence-corrected chi connectivity index (χ3v) is 3.58. The van der Waals surface area contributed by atoms with Gasteiger partial charge in [0.25, 0.3) is 0 Å². The number of aromatic nitrogens is 3. The van der Waals surface area contributed by atoms with E-state index in [1.807, 2.05) is 17.2 Å². The van der Waals surface area contributed by atoms with Crippen LogP contribution in [0.4, 0.5) is 5.82 Å². The van der Waals surface area contributed by atoms with E-state index in [4.69, 9.17) is 5.73 Å². The summed E-state index contributed by atoms with van der Waals surface area (Å²) in [6, 6.07) is 2.34. The standard InChI is InChI=1S/C12H15N5O/c13-11-10-3-6-17(12(10)15-7-14-11)9-1-4-16(8-18)5-2-9/h3,6-9H,1-2,4-5H2,(H2,13,14,15). The van der Waals surface area contributed by atoms with Crippen molar-refractivity contribution in [3.05, 3.63) is 18.6 Å². The Morgan fingerprint density at radius 1 is 1.33 bits per heavy atom. The number of hydrogen-bond acceptors (Lipinski definition) is 4. The summed E-state index contributed by atoms with van der Waals surface area (Å²) in [4.78, 5) is 20.8. The Hall–Kier alpha value is -2.11. The topological polar surface area (TPSA) is 77.0 Å². The summed E-state index contributed by atoms with van der Waals surface area (Å²) >= 11 is 0. The van der Waals surface area contributed by atoms with Crippen LogP contribution < -0.4 is 5.73 Å². The second-order valence-electron chi connectivity index (χ2n) is 4.59. The summed E-state index contributed by atoms with van der Waals surface area (Å²) in [6.45, 7) is 1.60. The molecule has 0 spiro atoms. The Morgan fingerprint density at radius 3 is 2.83 bits per heavy atom. The van der Waals surface area contributed by atoms with Crippen LogP contribution in [0.25, 0.3) is 11.0 Å². The van der Waals surface area contributed by atoms with Crippen molar-refractivity contribution in [3.8, 4) is 0 Å². The van der Waals surface area contributed by atoms with Gasteiger partial charge in [-0.2, -0.15) is 0 Å². The third-order valence-electron chi connectivity index (χ3n) is 3.58. The SMILES string of the molecule is Nc1ncnc2c1ccn2C1CCN(C=O)CC1. The zero-order valence-electron chi connectivity index (χ0n) is 9.99. The van der Waals surface area contributed by atoms with Gasteiger partial charge in [-0.3, -0.25) is 4.79 Å². The molecule has 0 radical (unpaired) electrons. The van der Waals surface area contributed by atoms with Crippen LogP contribution >= 0.6 is 0 Å². The molecule has 0 bridgehead atoms. The molecule has 0 saturated carbocycles. The summed E-state index contributed by atoms with van der Waals surface area (Å²) in [5, 5.41) is 0.898. The van der Waals surface area contributed by atoms with Crippen LogP contribution in [0, 0.1) is 0 Å². The number of carbonyl (C=O) groups is 1. The van der Waals surface area contributed by atoms with E-state index in [2.05, 4.69) is 14.5 Å². The largest absolute Gasteiger partial charge is 0.383 e. The average molecular weight is 245 g/mol. The number of carbonyl (C=O) groups excluding carboxylic acids is 1. The van der Waals surface area contributed by atoms with Crippen LogP contribution in [0.1, 0.15) is 18.9 Å². The van der Waals surface area contributed by atoms with Gasteiger partial charge in [0.15, 0.2) is 0 Å². The average Bonchev–Trinajstić information content (AvgIpc) is 2.84. The Morgan fingerprint density at radius 2 is 2.11 bits per heavy atom. The number of hydrogen-bond donors (Lipinski definition) is 1. The molecule has 18 heavy (non-hydrogen) atoms. The molecule has 6 heteroatoms. The fraction of sp³-hybridized carbons (Fsp3) is 0.417. The lowest BCUT2D eigenvalue weighted by Crippen LogP contribution is -2.33. The number of amides is 1. The van der Waals surface area contributed by atoms with Gasteiger partial charge in [0.2, 0.25) is 6.41 Å². The number of likely N-dealkylation sites (tertiary alicyclic amines) is 1. The van der Waals surface area contributed by atoms with Gasteiger partial charge in [-0.05, 0) is 18.9 Å². The molecule has 1 saturated heterocycles. The fourth-order valence-electron chi connectivity index (χ4n) is 2.55. The molecule has 0 aliphatic carbocycles. The van der Waals surface area contributed by atoms with E-state index in [1.54, 1.807) is 0 Å². The predicted octanol–water partition coefficient (Wildman–Crippen LogP) is 0.807. The highest BCUT2D eigenvalue weighted by Gasteiger charge is 2.21. The van der Waals surface area contributed by atoms with Crippen LogP contribution in [0.5, 0.6) is 0 Å². The van der Waals surface area contributed by atoms with Gasteiger partial charge < -0.3 is 15.2 Å². The van der Waals surface area contributed by atoms with Crippen LogP contribution in [-0.2, 0) is 4.79 Å². The Kier molecular flexibility index (Phi) is 2.62. The number of anilines is 1. The summed E-state index contributed by atoms with van der Waals surface area (Å²) in [6.07, 6.45) is 6.33. The van der Waals surface area contributed by atoms with Crippen molar-refractivity contribution in [1.82, 2.24) is 19.4 Å². The Bertz CT molecular complexity index is 571. The number of rotatable bonds is 2. The van der Waals surface area contributed by atoms with Gasteiger partial charge >= 0.3 is 0 Å². The molecular formula is C12H15N5O. The molecule has 1 aliphatic rings. The van der Waals surface area contributed by atoms with Crippen molar-refractivity contribution >= 4 is 23.3 Å². The fourth-order valence-corrected chi connectivity index (χ4v) is 2.55. The second kappa shape index (κ2) is 4.29. The summed E-state index contributed by atoms with van der Waals surface area (Å²) in [7, 11) is 0. The molecule has 94 valence electrons. The lowest BCUT2D eigenvalue weighted by molar-refractivity contribution is -0.119. The van der Waals surface area contributed by atoms with Gasteiger partial charge in [0.1, 0.15) is 17.8 Å². The maximum atomic E-state index is 10.7. The lowest BCUT2D eigenvalue weighted by atomic mass is 10.1. The minimum atomic E-state index is 0.382. The van der Waals surface area contributed by atoms with E-state index >= 15 is 0 Å². The maximum Gasteiger partial charge on any atom is 0.209 e. The molecular weight excluding hydrogens is 230 g/mol. The molecule has 1 fully saturated rings. The van der Waals surface area contributed by atoms with Gasteiger partial charge in [0, 0.05) is 25.3 Å². The number of nitrogens with two attached hydrogens (primary N) is 1. The molecule has 3 rings (SSSR count). The molecule has 2 aromatic heterocycles. The minimum Gasteiger partial charge on any atom is -0.383 e. The molecule has 0 aromatic carbocycles. The number of piperidine rings is 1. The third kappa shape index (κ3) is 1.70. The Balaban J connectivity index is 1.91. The highest BCUT2D eigenvalue weighted by atomic mass is 16.1. The van der Waals surface area contributed by atoms with E-state index in [1.165, 1.54) is 6.33 Å². The lowest BCUT2D eigenvalue weighted by Gasteiger charge is -2.30. The van der Waals surface area contributed by atoms with Crippen LogP contribution in [-0.4, -0.2) is 38.9 Å². The molecule has 2 aromatic rings. The molecule has 1 aliphatic heterocycles. The van der Waals surface area contributed by atoms with Gasteiger partial charge in [-0.25, -0.2) is 9.97 Å². The molecule has 3 heterocycles. The van der Waals surface area contributed by atoms with Gasteiger partial charge in [-0.1, -0.05) is 0 Å². The van der Waals surface area contributed by atoms with Crippen LogP contribution in [0.2, 0.25) is 0 Å². The number of nitrogen functional groups attached to an aromatic ring is 1. The quantitative estimate of drug-likeness (QED) is 0.794. The Labute approximate surface area is 104 Å². The number of nitrogens with zero attached hydrogens (tertiary/aromatic N) is 4. The molecule has 0 unspecified atom stereocenters. The van der Waals surface area contributed by atoms with Crippen molar-refractivity contribution in [1.29, 1.82) is 0 Å². The zero-order chi connectivity index (χ0) is 12.5. The second-order valence-corrected chi connectivity index (χ2v) is 4.59. The van der Waals surface area contributed by atoms with E-state index in [0.717, 1.165) is 43.4 Å². The first-order valence-corrected chi connectivity index (χ1v) is 6.06. The van der Waals surface area contributed by atoms with E-state index < -0.39 is 0 Å². The first-order valence-electron chi connectivity index (χ1n) is 6.06. The van der Waals surface area contributed by atoms with Crippen LogP contribution in [0.3, 0.4) is 0 Å². The summed E-state index contributed by atoms with van der Waals surface area (Å²) in [5.41, 5.74) is 6.71. The summed E-state index contributed by atoms with van der Waals surface area (Å²) < 4.78 is 2.15. The first kappa shape index (κ1) is 11.0. The molecule has 1 amide bonds. The van der Waals surface area contributed by atoms with Gasteiger partial charge in [0.05, 0.1) is 5.39 Å².